The van der Waals surface area contributed by atoms with Gasteiger partial charge in [-0.05, 0) is 18.6 Å². The van der Waals surface area contributed by atoms with Crippen molar-refractivity contribution in [2.75, 3.05) is 25.9 Å². The van der Waals surface area contributed by atoms with Crippen LogP contribution < -0.4 is 0 Å². The number of aliphatic imine (C=N–C) groups is 1. The summed E-state index contributed by atoms with van der Waals surface area (Å²) in [7, 11) is 2.17. The monoisotopic (exact) mass is 363 g/mol. The van der Waals surface area contributed by atoms with Gasteiger partial charge in [0, 0.05) is 53.7 Å². The van der Waals surface area contributed by atoms with E-state index >= 15 is 0 Å². The number of likely N-dealkylation sites (N-methyl/N-ethyl adjacent to an activating group) is 1. The van der Waals surface area contributed by atoms with Crippen molar-refractivity contribution in [3.05, 3.63) is 65.9 Å². The second-order valence-corrected chi connectivity index (χ2v) is 8.17. The van der Waals surface area contributed by atoms with Crippen molar-refractivity contribution in [1.82, 2.24) is 9.88 Å². The topological polar surface area (TPSA) is 31.4 Å². The maximum absolute atomic E-state index is 4.89. The molecule has 1 aliphatic heterocycles. The van der Waals surface area contributed by atoms with Crippen molar-refractivity contribution in [1.29, 1.82) is 0 Å². The lowest BCUT2D eigenvalue weighted by atomic mass is 9.97. The van der Waals surface area contributed by atoms with Crippen molar-refractivity contribution in [3.63, 3.8) is 0 Å². The molecule has 1 saturated heterocycles. The first kappa shape index (κ1) is 17.2. The number of hydrogen-bond donors (Lipinski definition) is 1. The molecule has 4 rings (SSSR count). The van der Waals surface area contributed by atoms with Crippen LogP contribution in [0.1, 0.15) is 23.5 Å². The Bertz CT molecular complexity index is 911. The summed E-state index contributed by atoms with van der Waals surface area (Å²) in [5.41, 5.74) is 3.96. The Hall–Kier alpha value is -2.20. The molecular formula is C22H25N3S. The molecule has 1 fully saturated rings. The van der Waals surface area contributed by atoms with E-state index in [0.29, 0.717) is 5.92 Å². The van der Waals surface area contributed by atoms with Crippen molar-refractivity contribution < 1.29 is 0 Å². The lowest BCUT2D eigenvalue weighted by Gasteiger charge is -2.12. The van der Waals surface area contributed by atoms with Crippen LogP contribution >= 0.6 is 11.8 Å². The molecule has 134 valence electrons. The van der Waals surface area contributed by atoms with E-state index in [0.717, 1.165) is 25.3 Å². The fourth-order valence-corrected chi connectivity index (χ4v) is 4.50. The number of hydrogen-bond acceptors (Lipinski definition) is 2. The van der Waals surface area contributed by atoms with Crippen LogP contribution in [-0.4, -0.2) is 41.6 Å². The summed E-state index contributed by atoms with van der Waals surface area (Å²) >= 11 is 1.88. The fourth-order valence-electron chi connectivity index (χ4n) is 3.62. The van der Waals surface area contributed by atoms with E-state index in [-0.39, 0.29) is 0 Å². The smallest absolute Gasteiger partial charge is 0.0993 e. The van der Waals surface area contributed by atoms with Gasteiger partial charge in [0.2, 0.25) is 0 Å². The van der Waals surface area contributed by atoms with Crippen LogP contribution in [0.3, 0.4) is 0 Å². The van der Waals surface area contributed by atoms with Crippen LogP contribution in [0.25, 0.3) is 10.9 Å². The summed E-state index contributed by atoms with van der Waals surface area (Å²) in [6, 6.07) is 17.4. The zero-order chi connectivity index (χ0) is 17.9. The number of aromatic amines is 1. The fraction of sp³-hybridized carbons (Fsp3) is 0.318. The minimum Gasteiger partial charge on any atom is -0.363 e. The molecule has 0 amide bonds. The Labute approximate surface area is 159 Å². The highest BCUT2D eigenvalue weighted by Gasteiger charge is 2.26. The maximum atomic E-state index is 4.89. The van der Waals surface area contributed by atoms with Gasteiger partial charge in [0.05, 0.1) is 12.4 Å². The summed E-state index contributed by atoms with van der Waals surface area (Å²) in [4.78, 5) is 11.9. The summed E-state index contributed by atoms with van der Waals surface area (Å²) in [5, 5.41) is 1.31. The first-order valence-corrected chi connectivity index (χ1v) is 10.2. The molecule has 3 aromatic rings. The van der Waals surface area contributed by atoms with Gasteiger partial charge in [0.1, 0.15) is 0 Å². The van der Waals surface area contributed by atoms with Gasteiger partial charge < -0.3 is 9.88 Å². The van der Waals surface area contributed by atoms with E-state index in [1.54, 1.807) is 0 Å². The Morgan fingerprint density at radius 2 is 1.96 bits per heavy atom. The second-order valence-electron chi connectivity index (χ2n) is 7.04. The van der Waals surface area contributed by atoms with Crippen molar-refractivity contribution in [2.45, 2.75) is 24.2 Å². The summed E-state index contributed by atoms with van der Waals surface area (Å²) in [5.74, 6) is 2.82. The van der Waals surface area contributed by atoms with Gasteiger partial charge in [0.15, 0.2) is 0 Å². The molecule has 0 bridgehead atoms. The molecule has 2 aromatic carbocycles. The molecule has 1 N–H and O–H groups in total. The van der Waals surface area contributed by atoms with Gasteiger partial charge in [-0.2, -0.15) is 0 Å². The van der Waals surface area contributed by atoms with Gasteiger partial charge in [-0.25, -0.2) is 0 Å². The normalized spacial score (nSPS) is 18.9. The number of benzene rings is 2. The average molecular weight is 364 g/mol. The quantitative estimate of drug-likeness (QED) is 0.506. The largest absolute Gasteiger partial charge is 0.363 e. The van der Waals surface area contributed by atoms with Crippen LogP contribution in [0, 0.1) is 6.92 Å². The van der Waals surface area contributed by atoms with E-state index < -0.39 is 0 Å². The van der Waals surface area contributed by atoms with Gasteiger partial charge in [0.25, 0.3) is 0 Å². The number of para-hydroxylation sites is 1. The number of thioether (sulfide) groups is 1. The van der Waals surface area contributed by atoms with E-state index in [1.807, 2.05) is 11.8 Å². The molecule has 2 heterocycles. The number of aromatic nitrogens is 1. The van der Waals surface area contributed by atoms with Gasteiger partial charge in [-0.3, -0.25) is 4.99 Å². The highest BCUT2D eigenvalue weighted by atomic mass is 32.2. The molecule has 4 heteroatoms. The zero-order valence-corrected chi connectivity index (χ0v) is 16.2. The molecular weight excluding hydrogens is 338 g/mol. The van der Waals surface area contributed by atoms with Crippen molar-refractivity contribution >= 4 is 28.5 Å². The van der Waals surface area contributed by atoms with Crippen LogP contribution in [0.4, 0.5) is 0 Å². The van der Waals surface area contributed by atoms with Crippen LogP contribution in [0.15, 0.2) is 64.6 Å². The third-order valence-electron chi connectivity index (χ3n) is 5.11. The predicted octanol–water partition coefficient (Wildman–Crippen LogP) is 5.09. The lowest BCUT2D eigenvalue weighted by molar-refractivity contribution is 0.519. The Morgan fingerprint density at radius 3 is 2.81 bits per heavy atom. The molecule has 0 saturated carbocycles. The van der Waals surface area contributed by atoms with Crippen LogP contribution in [-0.2, 0) is 0 Å². The first-order valence-electron chi connectivity index (χ1n) is 9.20. The van der Waals surface area contributed by atoms with E-state index in [4.69, 9.17) is 4.99 Å². The Balaban J connectivity index is 1.34. The molecule has 3 nitrogen and oxygen atoms in total. The summed E-state index contributed by atoms with van der Waals surface area (Å²) in [6.45, 7) is 4.07. The predicted molar refractivity (Wildman–Crippen MR) is 112 cm³/mol. The Kier molecular flexibility index (Phi) is 5.02. The van der Waals surface area contributed by atoms with Gasteiger partial charge in [-0.1, -0.05) is 48.0 Å². The van der Waals surface area contributed by atoms with Crippen molar-refractivity contribution in [3.8, 4) is 0 Å². The van der Waals surface area contributed by atoms with E-state index in [9.17, 15) is 0 Å². The molecule has 1 unspecified atom stereocenters. The number of H-pyrrole nitrogens is 1. The minimum absolute atomic E-state index is 0.570. The van der Waals surface area contributed by atoms with Crippen molar-refractivity contribution in [2.24, 2.45) is 4.99 Å². The standard InChI is InChI=1S/C22H25N3S/c1-16-7-9-17(10-8-16)18-13-22(25(2)15-18)23-11-12-26-21-14-24-20-6-4-3-5-19(20)21/h3-10,14,18,24H,11-13,15H2,1-2H3/b23-22-. The van der Waals surface area contributed by atoms with Gasteiger partial charge in [-0.15, -0.1) is 11.8 Å². The third-order valence-corrected chi connectivity index (χ3v) is 6.14. The molecule has 0 aliphatic carbocycles. The number of likely N-dealkylation sites (tertiary alicyclic amines) is 1. The number of aryl methyl sites for hydroxylation is 1. The highest BCUT2D eigenvalue weighted by Crippen LogP contribution is 2.29. The molecule has 1 aromatic heterocycles. The first-order chi connectivity index (χ1) is 12.7. The average Bonchev–Trinajstić information content (AvgIpc) is 3.23. The number of amidine groups is 1. The van der Waals surface area contributed by atoms with Gasteiger partial charge >= 0.3 is 0 Å². The highest BCUT2D eigenvalue weighted by molar-refractivity contribution is 7.99. The zero-order valence-electron chi connectivity index (χ0n) is 15.4. The molecule has 1 atom stereocenters. The summed E-state index contributed by atoms with van der Waals surface area (Å²) < 4.78 is 0. The lowest BCUT2D eigenvalue weighted by Crippen LogP contribution is -2.20. The molecule has 0 spiro atoms. The second kappa shape index (κ2) is 7.58. The molecule has 1 aliphatic rings. The van der Waals surface area contributed by atoms with Crippen LogP contribution in [0.5, 0.6) is 0 Å². The number of rotatable bonds is 5. The third kappa shape index (κ3) is 3.65. The SMILES string of the molecule is Cc1ccc(C2C/C(=N/CCSc3c[nH]c4ccccc34)N(C)C2)cc1. The summed E-state index contributed by atoms with van der Waals surface area (Å²) in [6.07, 6.45) is 3.16. The van der Waals surface area contributed by atoms with E-state index in [1.165, 1.54) is 32.8 Å². The number of nitrogens with zero attached hydrogens (tertiary/aromatic N) is 2. The Morgan fingerprint density at radius 1 is 1.15 bits per heavy atom. The number of fused-ring (bicyclic) bond motifs is 1. The molecule has 0 radical (unpaired) electrons. The van der Waals surface area contributed by atoms with Crippen LogP contribution in [0.2, 0.25) is 0 Å². The maximum Gasteiger partial charge on any atom is 0.0993 e. The molecule has 26 heavy (non-hydrogen) atoms. The number of nitrogens with one attached hydrogen (secondary N) is 1. The minimum atomic E-state index is 0.570. The van der Waals surface area contributed by atoms with E-state index in [2.05, 4.69) is 78.6 Å².